The normalized spacial score (nSPS) is 11.8. The van der Waals surface area contributed by atoms with E-state index < -0.39 is 4.92 Å². The number of rotatable bonds is 6. The average molecular weight is 332 g/mol. The Kier molecular flexibility index (Phi) is 5.47. The van der Waals surface area contributed by atoms with Crippen LogP contribution in [-0.4, -0.2) is 15.9 Å². The molecule has 0 aliphatic carbocycles. The molecule has 2 N–H and O–H groups in total. The first-order chi connectivity index (χ1) is 11.4. The molecule has 2 aromatic rings. The van der Waals surface area contributed by atoms with Gasteiger partial charge in [0.2, 0.25) is 5.91 Å². The van der Waals surface area contributed by atoms with E-state index in [1.807, 2.05) is 6.92 Å². The summed E-state index contributed by atoms with van der Waals surface area (Å²) >= 11 is 0. The maximum absolute atomic E-state index is 12.9. The Balaban J connectivity index is 1.94. The molecular formula is C17H17FN2O4. The maximum Gasteiger partial charge on any atom is 0.270 e. The number of carbonyl (C=O) groups excluding carboxylic acids is 1. The summed E-state index contributed by atoms with van der Waals surface area (Å²) in [6.45, 7) is 1.83. The van der Waals surface area contributed by atoms with Crippen LogP contribution in [0.1, 0.15) is 30.4 Å². The lowest BCUT2D eigenvalue weighted by atomic mass is 9.97. The van der Waals surface area contributed by atoms with Crippen LogP contribution in [0.25, 0.3) is 0 Å². The van der Waals surface area contributed by atoms with Crippen molar-refractivity contribution in [2.24, 2.45) is 0 Å². The average Bonchev–Trinajstić information content (AvgIpc) is 2.54. The number of phenols is 1. The Bertz CT molecular complexity index is 747. The fraction of sp³-hybridized carbons (Fsp3) is 0.235. The summed E-state index contributed by atoms with van der Waals surface area (Å²) in [7, 11) is 0. The van der Waals surface area contributed by atoms with Crippen molar-refractivity contribution in [1.82, 2.24) is 5.32 Å². The summed E-state index contributed by atoms with van der Waals surface area (Å²) in [5.74, 6) is -0.828. The van der Waals surface area contributed by atoms with Gasteiger partial charge in [0.05, 0.1) is 4.92 Å². The van der Waals surface area contributed by atoms with Gasteiger partial charge in [-0.3, -0.25) is 14.9 Å². The first kappa shape index (κ1) is 17.4. The van der Waals surface area contributed by atoms with Crippen molar-refractivity contribution in [1.29, 1.82) is 0 Å². The molecule has 6 nitrogen and oxygen atoms in total. The van der Waals surface area contributed by atoms with Gasteiger partial charge in [0.25, 0.3) is 5.69 Å². The zero-order valence-corrected chi connectivity index (χ0v) is 13.0. The summed E-state index contributed by atoms with van der Waals surface area (Å²) in [6.07, 6.45) is 0.182. The Morgan fingerprint density at radius 3 is 2.58 bits per heavy atom. The number of carbonyl (C=O) groups is 1. The van der Waals surface area contributed by atoms with Crippen LogP contribution in [0.3, 0.4) is 0 Å². The number of nitrogens with zero attached hydrogens (tertiary/aromatic N) is 1. The van der Waals surface area contributed by atoms with Crippen LogP contribution in [0.5, 0.6) is 5.75 Å². The van der Waals surface area contributed by atoms with Gasteiger partial charge < -0.3 is 10.4 Å². The highest BCUT2D eigenvalue weighted by Crippen LogP contribution is 2.23. The molecule has 0 heterocycles. The molecule has 2 rings (SSSR count). The zero-order valence-electron chi connectivity index (χ0n) is 13.0. The monoisotopic (exact) mass is 332 g/mol. The highest BCUT2D eigenvalue weighted by molar-refractivity contribution is 5.77. The number of amides is 1. The van der Waals surface area contributed by atoms with Crippen molar-refractivity contribution in [3.63, 3.8) is 0 Å². The Hall–Kier alpha value is -2.96. The van der Waals surface area contributed by atoms with E-state index >= 15 is 0 Å². The molecule has 0 saturated carbocycles. The smallest absolute Gasteiger partial charge is 0.270 e. The molecule has 0 radical (unpaired) electrons. The number of benzene rings is 2. The molecule has 0 saturated heterocycles. The third kappa shape index (κ3) is 4.52. The molecule has 1 atom stereocenters. The van der Waals surface area contributed by atoms with Crippen LogP contribution < -0.4 is 5.32 Å². The molecule has 0 aliphatic rings. The minimum atomic E-state index is -0.568. The summed E-state index contributed by atoms with van der Waals surface area (Å²) in [4.78, 5) is 22.2. The Morgan fingerprint density at radius 2 is 1.96 bits per heavy atom. The number of nitrogens with one attached hydrogen (secondary N) is 1. The van der Waals surface area contributed by atoms with Gasteiger partial charge in [-0.1, -0.05) is 19.1 Å². The van der Waals surface area contributed by atoms with Gasteiger partial charge in [0.1, 0.15) is 11.6 Å². The third-order valence-corrected chi connectivity index (χ3v) is 3.68. The van der Waals surface area contributed by atoms with Gasteiger partial charge in [-0.05, 0) is 29.7 Å². The van der Waals surface area contributed by atoms with E-state index in [0.717, 1.165) is 5.56 Å². The first-order valence-corrected chi connectivity index (χ1v) is 7.35. The van der Waals surface area contributed by atoms with Gasteiger partial charge in [-0.2, -0.15) is 0 Å². The molecule has 126 valence electrons. The van der Waals surface area contributed by atoms with Gasteiger partial charge in [0, 0.05) is 30.7 Å². The lowest BCUT2D eigenvalue weighted by Gasteiger charge is -2.12. The standard InChI is InChI=1S/C17H17FN2O4/c1-11(12-2-4-14(18)5-3-12)8-17(22)19-10-13-9-15(20(23)24)6-7-16(13)21/h2-7,9,11,21H,8,10H2,1H3,(H,19,22). The number of phenolic OH excluding ortho intramolecular Hbond substituents is 1. The maximum atomic E-state index is 12.9. The fourth-order valence-corrected chi connectivity index (χ4v) is 2.28. The second-order valence-electron chi connectivity index (χ2n) is 5.50. The van der Waals surface area contributed by atoms with Crippen molar-refractivity contribution in [3.05, 3.63) is 69.5 Å². The summed E-state index contributed by atoms with van der Waals surface area (Å²) in [5, 5.41) is 23.1. The fourth-order valence-electron chi connectivity index (χ4n) is 2.28. The Labute approximate surface area is 138 Å². The lowest BCUT2D eigenvalue weighted by Crippen LogP contribution is -2.24. The number of nitro groups is 1. The molecular weight excluding hydrogens is 315 g/mol. The molecule has 1 unspecified atom stereocenters. The number of non-ortho nitro benzene ring substituents is 1. The highest BCUT2D eigenvalue weighted by atomic mass is 19.1. The van der Waals surface area contributed by atoms with Crippen LogP contribution >= 0.6 is 0 Å². The van der Waals surface area contributed by atoms with Gasteiger partial charge in [-0.15, -0.1) is 0 Å². The molecule has 0 aliphatic heterocycles. The third-order valence-electron chi connectivity index (χ3n) is 3.68. The number of halogens is 1. The van der Waals surface area contributed by atoms with Crippen LogP contribution in [-0.2, 0) is 11.3 Å². The molecule has 2 aromatic carbocycles. The van der Waals surface area contributed by atoms with Gasteiger partial charge in [0.15, 0.2) is 0 Å². The predicted octanol–water partition coefficient (Wildman–Crippen LogP) is 3.25. The first-order valence-electron chi connectivity index (χ1n) is 7.35. The number of nitro benzene ring substituents is 1. The number of aromatic hydroxyl groups is 1. The van der Waals surface area contributed by atoms with Gasteiger partial charge >= 0.3 is 0 Å². The van der Waals surface area contributed by atoms with Crippen molar-refractivity contribution in [2.75, 3.05) is 0 Å². The van der Waals surface area contributed by atoms with E-state index in [-0.39, 0.29) is 47.6 Å². The molecule has 0 aromatic heterocycles. The topological polar surface area (TPSA) is 92.5 Å². The van der Waals surface area contributed by atoms with Crippen molar-refractivity contribution in [2.45, 2.75) is 25.8 Å². The van der Waals surface area contributed by atoms with E-state index in [0.29, 0.717) is 0 Å². The summed E-state index contributed by atoms with van der Waals surface area (Å²) in [5.41, 5.74) is 0.952. The second kappa shape index (κ2) is 7.54. The van der Waals surface area contributed by atoms with Crippen LogP contribution in [0.15, 0.2) is 42.5 Å². The van der Waals surface area contributed by atoms with Crippen molar-refractivity contribution < 1.29 is 19.2 Å². The van der Waals surface area contributed by atoms with E-state index in [2.05, 4.69) is 5.32 Å². The second-order valence-corrected chi connectivity index (χ2v) is 5.50. The molecule has 1 amide bonds. The number of hydrogen-bond acceptors (Lipinski definition) is 4. The van der Waals surface area contributed by atoms with Crippen LogP contribution in [0.4, 0.5) is 10.1 Å². The minimum Gasteiger partial charge on any atom is -0.508 e. The van der Waals surface area contributed by atoms with Crippen molar-refractivity contribution >= 4 is 11.6 Å². The summed E-state index contributed by atoms with van der Waals surface area (Å²) < 4.78 is 12.9. The van der Waals surface area contributed by atoms with Crippen LogP contribution in [0.2, 0.25) is 0 Å². The minimum absolute atomic E-state index is 0.0114. The van der Waals surface area contributed by atoms with Crippen LogP contribution in [0, 0.1) is 15.9 Å². The largest absolute Gasteiger partial charge is 0.508 e. The van der Waals surface area contributed by atoms with E-state index in [1.54, 1.807) is 12.1 Å². The van der Waals surface area contributed by atoms with Crippen molar-refractivity contribution in [3.8, 4) is 5.75 Å². The molecule has 24 heavy (non-hydrogen) atoms. The quantitative estimate of drug-likeness (QED) is 0.627. The molecule has 0 fully saturated rings. The molecule has 0 spiro atoms. The SMILES string of the molecule is CC(CC(=O)NCc1cc([N+](=O)[O-])ccc1O)c1ccc(F)cc1. The molecule has 7 heteroatoms. The Morgan fingerprint density at radius 1 is 1.29 bits per heavy atom. The van der Waals surface area contributed by atoms with E-state index in [1.165, 1.54) is 30.3 Å². The van der Waals surface area contributed by atoms with E-state index in [4.69, 9.17) is 0 Å². The molecule has 0 bridgehead atoms. The summed E-state index contributed by atoms with van der Waals surface area (Å²) in [6, 6.07) is 9.56. The van der Waals surface area contributed by atoms with Gasteiger partial charge in [-0.25, -0.2) is 4.39 Å². The lowest BCUT2D eigenvalue weighted by molar-refractivity contribution is -0.384. The number of hydrogen-bond donors (Lipinski definition) is 2. The zero-order chi connectivity index (χ0) is 17.7. The highest BCUT2D eigenvalue weighted by Gasteiger charge is 2.14. The van der Waals surface area contributed by atoms with E-state index in [9.17, 15) is 24.4 Å². The predicted molar refractivity (Wildman–Crippen MR) is 86.0 cm³/mol.